The van der Waals surface area contributed by atoms with E-state index in [9.17, 15) is 13.2 Å². The van der Waals surface area contributed by atoms with Gasteiger partial charge in [-0.1, -0.05) is 0 Å². The van der Waals surface area contributed by atoms with Gasteiger partial charge in [-0.15, -0.1) is 11.8 Å². The van der Waals surface area contributed by atoms with Gasteiger partial charge in [0, 0.05) is 30.9 Å². The summed E-state index contributed by atoms with van der Waals surface area (Å²) in [5.74, 6) is 1.06. The van der Waals surface area contributed by atoms with Crippen molar-refractivity contribution in [2.45, 2.75) is 24.6 Å². The van der Waals surface area contributed by atoms with Gasteiger partial charge >= 0.3 is 0 Å². The molecule has 0 aromatic rings. The van der Waals surface area contributed by atoms with Crippen molar-refractivity contribution in [3.63, 3.8) is 0 Å². The Morgan fingerprint density at radius 1 is 1.50 bits per heavy atom. The fourth-order valence-electron chi connectivity index (χ4n) is 2.38. The summed E-state index contributed by atoms with van der Waals surface area (Å²) < 4.78 is 22.6. The standard InChI is InChI=1S/C11H20N2O3S2/c1-9-6-12-3-4-13(9)11(14)7-17-10-2-5-18(15,16)8-10/h9-10,12H,2-8H2,1H3/t9-,10?/m1/s1. The summed E-state index contributed by atoms with van der Waals surface area (Å²) in [6.45, 7) is 4.48. The predicted octanol–water partition coefficient (Wildman–Crippen LogP) is -0.273. The maximum atomic E-state index is 12.1. The quantitative estimate of drug-likeness (QED) is 0.775. The number of piperazine rings is 1. The van der Waals surface area contributed by atoms with Crippen LogP contribution >= 0.6 is 11.8 Å². The van der Waals surface area contributed by atoms with Gasteiger partial charge in [0.1, 0.15) is 0 Å². The van der Waals surface area contributed by atoms with Crippen molar-refractivity contribution in [3.05, 3.63) is 0 Å². The summed E-state index contributed by atoms with van der Waals surface area (Å²) in [5.41, 5.74) is 0. The molecule has 18 heavy (non-hydrogen) atoms. The second-order valence-corrected chi connectivity index (χ2v) is 8.49. The van der Waals surface area contributed by atoms with Gasteiger partial charge in [-0.3, -0.25) is 4.79 Å². The lowest BCUT2D eigenvalue weighted by Crippen LogP contribution is -2.52. The topological polar surface area (TPSA) is 66.5 Å². The lowest BCUT2D eigenvalue weighted by Gasteiger charge is -2.34. The highest BCUT2D eigenvalue weighted by Crippen LogP contribution is 2.24. The van der Waals surface area contributed by atoms with Gasteiger partial charge in [0.25, 0.3) is 0 Å². The highest BCUT2D eigenvalue weighted by molar-refractivity contribution is 8.02. The smallest absolute Gasteiger partial charge is 0.232 e. The highest BCUT2D eigenvalue weighted by Gasteiger charge is 2.30. The number of nitrogens with zero attached hydrogens (tertiary/aromatic N) is 1. The third-order valence-electron chi connectivity index (χ3n) is 3.45. The van der Waals surface area contributed by atoms with Crippen molar-refractivity contribution < 1.29 is 13.2 Å². The fourth-order valence-corrected chi connectivity index (χ4v) is 5.90. The maximum absolute atomic E-state index is 12.1. The van der Waals surface area contributed by atoms with E-state index < -0.39 is 9.84 Å². The Morgan fingerprint density at radius 2 is 2.28 bits per heavy atom. The summed E-state index contributed by atoms with van der Waals surface area (Å²) in [6.07, 6.45) is 0.692. The molecule has 0 radical (unpaired) electrons. The van der Waals surface area contributed by atoms with Crippen LogP contribution in [-0.4, -0.2) is 67.4 Å². The number of hydrogen-bond donors (Lipinski definition) is 1. The monoisotopic (exact) mass is 292 g/mol. The number of rotatable bonds is 3. The van der Waals surface area contributed by atoms with Crippen LogP contribution in [-0.2, 0) is 14.6 Å². The molecule has 2 atom stereocenters. The summed E-state index contributed by atoms with van der Waals surface area (Å²) in [4.78, 5) is 14.0. The maximum Gasteiger partial charge on any atom is 0.232 e. The molecule has 0 aromatic carbocycles. The van der Waals surface area contributed by atoms with E-state index in [1.807, 2.05) is 11.8 Å². The zero-order chi connectivity index (χ0) is 13.2. The summed E-state index contributed by atoms with van der Waals surface area (Å²) in [7, 11) is -2.83. The van der Waals surface area contributed by atoms with Crippen LogP contribution in [0, 0.1) is 0 Å². The Labute approximate surface area is 113 Å². The molecular formula is C11H20N2O3S2. The molecule has 2 fully saturated rings. The van der Waals surface area contributed by atoms with Crippen LogP contribution in [0.15, 0.2) is 0 Å². The van der Waals surface area contributed by atoms with Gasteiger partial charge < -0.3 is 10.2 Å². The molecule has 0 saturated carbocycles. The molecule has 7 heteroatoms. The van der Waals surface area contributed by atoms with Crippen LogP contribution in [0.25, 0.3) is 0 Å². The van der Waals surface area contributed by atoms with E-state index in [1.54, 1.807) is 0 Å². The van der Waals surface area contributed by atoms with Gasteiger partial charge in [-0.2, -0.15) is 0 Å². The largest absolute Gasteiger partial charge is 0.337 e. The molecule has 0 aromatic heterocycles. The average Bonchev–Trinajstić information content (AvgIpc) is 2.66. The van der Waals surface area contributed by atoms with Crippen LogP contribution < -0.4 is 5.32 Å². The van der Waals surface area contributed by atoms with Crippen molar-refractivity contribution in [2.75, 3.05) is 36.9 Å². The number of hydrogen-bond acceptors (Lipinski definition) is 5. The van der Waals surface area contributed by atoms with E-state index in [0.29, 0.717) is 12.2 Å². The normalized spacial score (nSPS) is 31.5. The molecule has 1 N–H and O–H groups in total. The minimum Gasteiger partial charge on any atom is -0.337 e. The van der Waals surface area contributed by atoms with E-state index in [0.717, 1.165) is 19.6 Å². The minimum atomic E-state index is -2.83. The van der Waals surface area contributed by atoms with Crippen LogP contribution in [0.2, 0.25) is 0 Å². The SMILES string of the molecule is C[C@@H]1CNCCN1C(=O)CSC1CCS(=O)(=O)C1. The van der Waals surface area contributed by atoms with Crippen LogP contribution in [0.4, 0.5) is 0 Å². The third kappa shape index (κ3) is 3.61. The first-order valence-electron chi connectivity index (χ1n) is 6.30. The average molecular weight is 292 g/mol. The number of carbonyl (C=O) groups is 1. The molecule has 0 bridgehead atoms. The van der Waals surface area contributed by atoms with E-state index in [4.69, 9.17) is 0 Å². The van der Waals surface area contributed by atoms with Crippen LogP contribution in [0.1, 0.15) is 13.3 Å². The number of nitrogens with one attached hydrogen (secondary N) is 1. The fraction of sp³-hybridized carbons (Fsp3) is 0.909. The van der Waals surface area contributed by atoms with Crippen molar-refractivity contribution in [1.82, 2.24) is 10.2 Å². The Bertz CT molecular complexity index is 411. The molecule has 5 nitrogen and oxygen atoms in total. The molecule has 104 valence electrons. The van der Waals surface area contributed by atoms with Gasteiger partial charge in [0.2, 0.25) is 5.91 Å². The number of thioether (sulfide) groups is 1. The van der Waals surface area contributed by atoms with Gasteiger partial charge in [0.05, 0.1) is 17.3 Å². The van der Waals surface area contributed by atoms with Gasteiger partial charge in [-0.05, 0) is 13.3 Å². The van der Waals surface area contributed by atoms with Crippen LogP contribution in [0.5, 0.6) is 0 Å². The predicted molar refractivity (Wildman–Crippen MR) is 73.6 cm³/mol. The van der Waals surface area contributed by atoms with Gasteiger partial charge in [-0.25, -0.2) is 8.42 Å². The molecule has 2 saturated heterocycles. The summed E-state index contributed by atoms with van der Waals surface area (Å²) in [6, 6.07) is 0.235. The van der Waals surface area contributed by atoms with Crippen molar-refractivity contribution in [3.8, 4) is 0 Å². The first-order valence-corrected chi connectivity index (χ1v) is 9.17. The molecule has 2 heterocycles. The van der Waals surface area contributed by atoms with Crippen molar-refractivity contribution in [1.29, 1.82) is 0 Å². The molecule has 0 aliphatic carbocycles. The van der Waals surface area contributed by atoms with E-state index >= 15 is 0 Å². The number of amides is 1. The molecule has 1 amide bonds. The third-order valence-corrected chi connectivity index (χ3v) is 6.72. The zero-order valence-corrected chi connectivity index (χ0v) is 12.2. The van der Waals surface area contributed by atoms with Gasteiger partial charge in [0.15, 0.2) is 9.84 Å². The second kappa shape index (κ2) is 5.79. The Balaban J connectivity index is 1.78. The first-order chi connectivity index (χ1) is 8.48. The molecule has 0 spiro atoms. The summed E-state index contributed by atoms with van der Waals surface area (Å²) >= 11 is 1.50. The Kier molecular flexibility index (Phi) is 4.55. The van der Waals surface area contributed by atoms with Crippen molar-refractivity contribution >= 4 is 27.5 Å². The molecule has 2 aliphatic rings. The molecule has 2 aliphatic heterocycles. The minimum absolute atomic E-state index is 0.108. The second-order valence-electron chi connectivity index (χ2n) is 4.98. The lowest BCUT2D eigenvalue weighted by atomic mass is 10.2. The van der Waals surface area contributed by atoms with Crippen LogP contribution in [0.3, 0.4) is 0 Å². The number of carbonyl (C=O) groups excluding carboxylic acids is 1. The lowest BCUT2D eigenvalue weighted by molar-refractivity contribution is -0.131. The first kappa shape index (κ1) is 14.1. The Morgan fingerprint density at radius 3 is 2.89 bits per heavy atom. The molecular weight excluding hydrogens is 272 g/mol. The highest BCUT2D eigenvalue weighted by atomic mass is 32.2. The Hall–Kier alpha value is -0.270. The summed E-state index contributed by atoms with van der Waals surface area (Å²) in [5, 5.41) is 3.36. The molecule has 1 unspecified atom stereocenters. The molecule has 2 rings (SSSR count). The van der Waals surface area contributed by atoms with Crippen molar-refractivity contribution in [2.24, 2.45) is 0 Å². The van der Waals surface area contributed by atoms with E-state index in [1.165, 1.54) is 11.8 Å². The number of sulfone groups is 1. The van der Waals surface area contributed by atoms with E-state index in [2.05, 4.69) is 5.32 Å². The van der Waals surface area contributed by atoms with E-state index in [-0.39, 0.29) is 28.7 Å². The zero-order valence-electron chi connectivity index (χ0n) is 10.6.